The van der Waals surface area contributed by atoms with Crippen LogP contribution in [-0.4, -0.2) is 18.1 Å². The molecule has 128 valence electrons. The summed E-state index contributed by atoms with van der Waals surface area (Å²) < 4.78 is 11.4. The molecule has 1 atom stereocenters. The molecule has 1 N–H and O–H groups in total. The van der Waals surface area contributed by atoms with Crippen LogP contribution in [0.15, 0.2) is 48.5 Å². The number of hydrogen-bond acceptors (Lipinski definition) is 3. The lowest BCUT2D eigenvalue weighted by atomic mass is 10.2. The van der Waals surface area contributed by atoms with Gasteiger partial charge < -0.3 is 14.8 Å². The topological polar surface area (TPSA) is 47.6 Å². The lowest BCUT2D eigenvalue weighted by Gasteiger charge is -2.16. The van der Waals surface area contributed by atoms with Crippen LogP contribution in [0.3, 0.4) is 0 Å². The average molecular weight is 327 g/mol. The van der Waals surface area contributed by atoms with Crippen LogP contribution in [0.4, 0.5) is 0 Å². The van der Waals surface area contributed by atoms with Crippen LogP contribution in [0.2, 0.25) is 0 Å². The molecule has 2 aromatic carbocycles. The number of carbonyl (C=O) groups excluding carboxylic acids is 1. The molecule has 0 aliphatic carbocycles. The third-order valence-electron chi connectivity index (χ3n) is 3.50. The van der Waals surface area contributed by atoms with E-state index < -0.39 is 6.10 Å². The summed E-state index contributed by atoms with van der Waals surface area (Å²) >= 11 is 0. The zero-order valence-electron chi connectivity index (χ0n) is 14.7. The molecule has 2 rings (SSSR count). The Balaban J connectivity index is 1.89. The summed E-state index contributed by atoms with van der Waals surface area (Å²) in [5, 5.41) is 2.90. The van der Waals surface area contributed by atoms with Gasteiger partial charge in [0, 0.05) is 6.54 Å². The van der Waals surface area contributed by atoms with Gasteiger partial charge in [-0.1, -0.05) is 30.3 Å². The summed E-state index contributed by atoms with van der Waals surface area (Å²) in [6.07, 6.45) is -0.432. The molecule has 0 saturated heterocycles. The van der Waals surface area contributed by atoms with E-state index in [1.54, 1.807) is 6.92 Å². The minimum Gasteiger partial charge on any atom is -0.491 e. The third-order valence-corrected chi connectivity index (χ3v) is 3.50. The first-order valence-corrected chi connectivity index (χ1v) is 8.21. The lowest BCUT2D eigenvalue weighted by molar-refractivity contribution is -0.127. The van der Waals surface area contributed by atoms with Gasteiger partial charge >= 0.3 is 0 Å². The Morgan fingerprint density at radius 2 is 1.79 bits per heavy atom. The van der Waals surface area contributed by atoms with E-state index in [9.17, 15) is 4.79 Å². The first-order valence-electron chi connectivity index (χ1n) is 8.21. The first kappa shape index (κ1) is 17.9. The molecule has 0 spiro atoms. The number of ether oxygens (including phenoxy) is 2. The summed E-state index contributed by atoms with van der Waals surface area (Å²) in [4.78, 5) is 12.2. The van der Waals surface area contributed by atoms with Crippen LogP contribution in [0.25, 0.3) is 0 Å². The summed E-state index contributed by atoms with van der Waals surface area (Å²) in [6, 6.07) is 15.4. The number of amides is 1. The average Bonchev–Trinajstić information content (AvgIpc) is 2.54. The van der Waals surface area contributed by atoms with Gasteiger partial charge in [0.15, 0.2) is 6.10 Å². The maximum absolute atomic E-state index is 12.2. The van der Waals surface area contributed by atoms with Crippen molar-refractivity contribution in [1.29, 1.82) is 0 Å². The van der Waals surface area contributed by atoms with Crippen LogP contribution in [0, 0.1) is 6.92 Å². The van der Waals surface area contributed by atoms with Gasteiger partial charge in [-0.05, 0) is 57.0 Å². The molecule has 0 bridgehead atoms. The summed E-state index contributed by atoms with van der Waals surface area (Å²) in [7, 11) is 0. The number of aryl methyl sites for hydroxylation is 1. The van der Waals surface area contributed by atoms with Crippen LogP contribution >= 0.6 is 0 Å². The Labute approximate surface area is 143 Å². The van der Waals surface area contributed by atoms with Crippen molar-refractivity contribution in [2.24, 2.45) is 0 Å². The Hall–Kier alpha value is -2.49. The van der Waals surface area contributed by atoms with Crippen molar-refractivity contribution >= 4 is 5.91 Å². The van der Waals surface area contributed by atoms with E-state index in [0.29, 0.717) is 6.54 Å². The van der Waals surface area contributed by atoms with E-state index in [0.717, 1.165) is 22.6 Å². The van der Waals surface area contributed by atoms with E-state index in [4.69, 9.17) is 9.47 Å². The SMILES string of the molecule is Cc1ccccc1O[C@@H](C)C(=O)NCc1cccc(OC(C)C)c1. The fourth-order valence-electron chi connectivity index (χ4n) is 2.27. The van der Waals surface area contributed by atoms with Crippen LogP contribution in [0.1, 0.15) is 31.9 Å². The number of rotatable bonds is 7. The first-order chi connectivity index (χ1) is 11.5. The smallest absolute Gasteiger partial charge is 0.261 e. The van der Waals surface area contributed by atoms with Crippen LogP contribution in [-0.2, 0) is 11.3 Å². The van der Waals surface area contributed by atoms with Crippen molar-refractivity contribution in [1.82, 2.24) is 5.32 Å². The van der Waals surface area contributed by atoms with Gasteiger partial charge in [0.25, 0.3) is 5.91 Å². The van der Waals surface area contributed by atoms with Gasteiger partial charge in [-0.15, -0.1) is 0 Å². The molecule has 24 heavy (non-hydrogen) atoms. The molecule has 2 aromatic rings. The summed E-state index contributed by atoms with van der Waals surface area (Å²) in [6.45, 7) is 8.12. The lowest BCUT2D eigenvalue weighted by Crippen LogP contribution is -2.36. The minimum absolute atomic E-state index is 0.123. The van der Waals surface area contributed by atoms with Crippen LogP contribution in [0.5, 0.6) is 11.5 Å². The van der Waals surface area contributed by atoms with Crippen molar-refractivity contribution < 1.29 is 14.3 Å². The summed E-state index contributed by atoms with van der Waals surface area (Å²) in [5.74, 6) is 1.39. The molecule has 0 heterocycles. The Morgan fingerprint density at radius 3 is 2.50 bits per heavy atom. The van der Waals surface area contributed by atoms with E-state index in [1.165, 1.54) is 0 Å². The van der Waals surface area contributed by atoms with E-state index in [1.807, 2.05) is 69.3 Å². The highest BCUT2D eigenvalue weighted by atomic mass is 16.5. The zero-order valence-corrected chi connectivity index (χ0v) is 14.7. The Morgan fingerprint density at radius 1 is 1.04 bits per heavy atom. The molecular formula is C20H25NO3. The highest BCUT2D eigenvalue weighted by Gasteiger charge is 2.15. The second-order valence-corrected chi connectivity index (χ2v) is 6.06. The van der Waals surface area contributed by atoms with Gasteiger partial charge in [-0.25, -0.2) is 0 Å². The van der Waals surface area contributed by atoms with Crippen molar-refractivity contribution in [3.05, 3.63) is 59.7 Å². The second kappa shape index (κ2) is 8.39. The predicted molar refractivity (Wildman–Crippen MR) is 95.3 cm³/mol. The fourth-order valence-corrected chi connectivity index (χ4v) is 2.27. The van der Waals surface area contributed by atoms with Gasteiger partial charge in [0.05, 0.1) is 6.10 Å². The quantitative estimate of drug-likeness (QED) is 0.840. The Kier molecular flexibility index (Phi) is 6.24. The normalized spacial score (nSPS) is 11.9. The van der Waals surface area contributed by atoms with Crippen LogP contribution < -0.4 is 14.8 Å². The largest absolute Gasteiger partial charge is 0.491 e. The number of carbonyl (C=O) groups is 1. The zero-order chi connectivity index (χ0) is 17.5. The van der Waals surface area contributed by atoms with E-state index in [2.05, 4.69) is 5.32 Å². The molecule has 4 heteroatoms. The highest BCUT2D eigenvalue weighted by Crippen LogP contribution is 2.18. The number of para-hydroxylation sites is 1. The standard InChI is InChI=1S/C20H25NO3/c1-14(2)23-18-10-7-9-17(12-18)13-21-20(22)16(4)24-19-11-6-5-8-15(19)3/h5-12,14,16H,13H2,1-4H3,(H,21,22)/t16-/m0/s1. The molecule has 0 aliphatic rings. The molecule has 0 radical (unpaired) electrons. The number of hydrogen-bond donors (Lipinski definition) is 1. The molecule has 0 fully saturated rings. The maximum Gasteiger partial charge on any atom is 0.261 e. The third kappa shape index (κ3) is 5.30. The number of nitrogens with one attached hydrogen (secondary N) is 1. The van der Waals surface area contributed by atoms with Crippen molar-refractivity contribution in [2.75, 3.05) is 0 Å². The molecule has 0 saturated carbocycles. The van der Waals surface area contributed by atoms with E-state index >= 15 is 0 Å². The second-order valence-electron chi connectivity index (χ2n) is 6.06. The summed E-state index contributed by atoms with van der Waals surface area (Å²) in [5.41, 5.74) is 2.00. The number of benzene rings is 2. The molecular weight excluding hydrogens is 302 g/mol. The predicted octanol–water partition coefficient (Wildman–Crippen LogP) is 3.87. The molecule has 4 nitrogen and oxygen atoms in total. The molecule has 0 aromatic heterocycles. The monoisotopic (exact) mass is 327 g/mol. The van der Waals surface area contributed by atoms with Crippen molar-refractivity contribution in [3.8, 4) is 11.5 Å². The van der Waals surface area contributed by atoms with E-state index in [-0.39, 0.29) is 12.0 Å². The van der Waals surface area contributed by atoms with Gasteiger partial charge in [0.2, 0.25) is 0 Å². The minimum atomic E-state index is -0.554. The maximum atomic E-state index is 12.2. The molecule has 0 unspecified atom stereocenters. The molecule has 1 amide bonds. The van der Waals surface area contributed by atoms with Crippen molar-refractivity contribution in [2.45, 2.75) is 46.4 Å². The fraction of sp³-hybridized carbons (Fsp3) is 0.350. The van der Waals surface area contributed by atoms with Crippen molar-refractivity contribution in [3.63, 3.8) is 0 Å². The van der Waals surface area contributed by atoms with Gasteiger partial charge in [-0.3, -0.25) is 4.79 Å². The Bertz CT molecular complexity index is 682. The highest BCUT2D eigenvalue weighted by molar-refractivity contribution is 5.80. The van der Waals surface area contributed by atoms with Gasteiger partial charge in [0.1, 0.15) is 11.5 Å². The van der Waals surface area contributed by atoms with Gasteiger partial charge in [-0.2, -0.15) is 0 Å². The molecule has 0 aliphatic heterocycles.